The van der Waals surface area contributed by atoms with E-state index in [9.17, 15) is 22.8 Å². The van der Waals surface area contributed by atoms with Crippen LogP contribution in [0.5, 0.6) is 0 Å². The monoisotopic (exact) mass is 577 g/mol. The fraction of sp³-hybridized carbons (Fsp3) is 0.724. The van der Waals surface area contributed by atoms with E-state index in [1.807, 2.05) is 4.90 Å². The van der Waals surface area contributed by atoms with Gasteiger partial charge in [0.1, 0.15) is 0 Å². The van der Waals surface area contributed by atoms with Crippen molar-refractivity contribution in [3.63, 3.8) is 0 Å². The molecule has 4 heterocycles. The van der Waals surface area contributed by atoms with Crippen LogP contribution in [-0.4, -0.2) is 76.6 Å². The number of alkyl halides is 3. The number of pyridine rings is 1. The summed E-state index contributed by atoms with van der Waals surface area (Å²) in [6, 6.07) is 1.05. The normalized spacial score (nSPS) is 27.6. The number of nitrogens with one attached hydrogen (secondary N) is 2. The highest BCUT2D eigenvalue weighted by molar-refractivity contribution is 5.79. The highest BCUT2D eigenvalue weighted by atomic mass is 19.4. The van der Waals surface area contributed by atoms with Gasteiger partial charge in [0.25, 0.3) is 0 Å². The van der Waals surface area contributed by atoms with Gasteiger partial charge in [-0.1, -0.05) is 25.7 Å². The standard InChI is InChI=1S/C29H42F3N7O2/c1-35(2)27(40)21-14-37(15-21)12-18-10-23(29(30,31)32)24-16-38(28(41)39(24)13-18)22-9-5-8-20(11-22)25(19-6-4-7-19)26-34-33-17-36(26)3/h10,13,16,19-22,25-26,33-34H,4-9,11-12,14-15,17H2,1-3H3/t20?,22?,25-,26?/m1/s1. The van der Waals surface area contributed by atoms with E-state index in [2.05, 4.69) is 22.8 Å². The lowest BCUT2D eigenvalue weighted by molar-refractivity contribution is -0.138. The topological polar surface area (TPSA) is 77.3 Å². The van der Waals surface area contributed by atoms with Crippen LogP contribution >= 0.6 is 0 Å². The number of aromatic nitrogens is 2. The molecule has 2 aromatic rings. The number of nitrogens with zero attached hydrogens (tertiary/aromatic N) is 5. The molecule has 0 aromatic carbocycles. The van der Waals surface area contributed by atoms with E-state index in [0.29, 0.717) is 36.4 Å². The molecule has 0 spiro atoms. The highest BCUT2D eigenvalue weighted by Gasteiger charge is 2.44. The smallest absolute Gasteiger partial charge is 0.348 e. The maximum atomic E-state index is 14.3. The Hall–Kier alpha value is -2.41. The van der Waals surface area contributed by atoms with Gasteiger partial charge in [-0.2, -0.15) is 13.2 Å². The number of imidazole rings is 1. The first-order chi connectivity index (χ1) is 19.5. The number of hydrogen-bond acceptors (Lipinski definition) is 6. The molecule has 4 aliphatic rings. The number of hydrazine groups is 1. The van der Waals surface area contributed by atoms with Crippen LogP contribution < -0.4 is 16.5 Å². The Balaban J connectivity index is 1.26. The third kappa shape index (κ3) is 5.44. The molecule has 4 fully saturated rings. The molecule has 2 saturated heterocycles. The van der Waals surface area contributed by atoms with Crippen LogP contribution in [-0.2, 0) is 17.5 Å². The van der Waals surface area contributed by atoms with Crippen LogP contribution in [0.25, 0.3) is 5.52 Å². The molecule has 6 rings (SSSR count). The third-order valence-electron chi connectivity index (χ3n) is 10.0. The Bertz CT molecular complexity index is 1330. The van der Waals surface area contributed by atoms with E-state index in [0.717, 1.165) is 32.4 Å². The van der Waals surface area contributed by atoms with Crippen molar-refractivity contribution in [3.05, 3.63) is 40.1 Å². The van der Waals surface area contributed by atoms with Gasteiger partial charge >= 0.3 is 11.9 Å². The second kappa shape index (κ2) is 11.0. The minimum absolute atomic E-state index is 0.0259. The lowest BCUT2D eigenvalue weighted by Gasteiger charge is -2.46. The Morgan fingerprint density at radius 2 is 1.80 bits per heavy atom. The summed E-state index contributed by atoms with van der Waals surface area (Å²) < 4.78 is 45.6. The van der Waals surface area contributed by atoms with Crippen molar-refractivity contribution in [1.29, 1.82) is 0 Å². The quantitative estimate of drug-likeness (QED) is 0.527. The summed E-state index contributed by atoms with van der Waals surface area (Å²) in [6.45, 7) is 2.04. The van der Waals surface area contributed by atoms with Gasteiger partial charge in [-0.25, -0.2) is 15.6 Å². The second-order valence-electron chi connectivity index (χ2n) is 13.0. The molecule has 2 N–H and O–H groups in total. The van der Waals surface area contributed by atoms with Gasteiger partial charge in [0.05, 0.1) is 29.8 Å². The van der Waals surface area contributed by atoms with E-state index < -0.39 is 17.4 Å². The fourth-order valence-corrected chi connectivity index (χ4v) is 7.72. The number of hydrogen-bond donors (Lipinski definition) is 2. The molecule has 2 saturated carbocycles. The van der Waals surface area contributed by atoms with Gasteiger partial charge in [0, 0.05) is 52.2 Å². The average Bonchev–Trinajstić information content (AvgIpc) is 3.44. The van der Waals surface area contributed by atoms with Crippen LogP contribution in [0.2, 0.25) is 0 Å². The van der Waals surface area contributed by atoms with Crippen molar-refractivity contribution in [2.24, 2.45) is 23.7 Å². The first-order valence-electron chi connectivity index (χ1n) is 15.0. The lowest BCUT2D eigenvalue weighted by atomic mass is 9.65. The minimum atomic E-state index is -4.59. The molecular weight excluding hydrogens is 535 g/mol. The molecule has 2 aliphatic carbocycles. The van der Waals surface area contributed by atoms with Gasteiger partial charge in [0.2, 0.25) is 5.91 Å². The van der Waals surface area contributed by atoms with E-state index in [-0.39, 0.29) is 36.1 Å². The van der Waals surface area contributed by atoms with Crippen molar-refractivity contribution >= 4 is 11.4 Å². The second-order valence-corrected chi connectivity index (χ2v) is 13.0. The number of rotatable bonds is 7. The number of fused-ring (bicyclic) bond motifs is 1. The summed E-state index contributed by atoms with van der Waals surface area (Å²) in [6.07, 6.45) is 5.95. The molecule has 2 aliphatic heterocycles. The molecule has 2 aromatic heterocycles. The molecule has 1 amide bonds. The van der Waals surface area contributed by atoms with E-state index in [1.165, 1.54) is 35.9 Å². The van der Waals surface area contributed by atoms with E-state index in [1.54, 1.807) is 29.8 Å². The predicted molar refractivity (Wildman–Crippen MR) is 149 cm³/mol. The third-order valence-corrected chi connectivity index (χ3v) is 10.0. The Morgan fingerprint density at radius 3 is 2.41 bits per heavy atom. The highest BCUT2D eigenvalue weighted by Crippen LogP contribution is 2.47. The van der Waals surface area contributed by atoms with Crippen LogP contribution in [0.3, 0.4) is 0 Å². The Labute approximate surface area is 238 Å². The van der Waals surface area contributed by atoms with E-state index in [4.69, 9.17) is 0 Å². The summed E-state index contributed by atoms with van der Waals surface area (Å²) in [5.74, 6) is 1.36. The number of carbonyl (C=O) groups is 1. The summed E-state index contributed by atoms with van der Waals surface area (Å²) in [4.78, 5) is 31.7. The zero-order valence-electron chi connectivity index (χ0n) is 24.2. The predicted octanol–water partition coefficient (Wildman–Crippen LogP) is 3.11. The van der Waals surface area contributed by atoms with Crippen molar-refractivity contribution in [3.8, 4) is 0 Å². The van der Waals surface area contributed by atoms with Gasteiger partial charge in [-0.3, -0.25) is 23.6 Å². The van der Waals surface area contributed by atoms with Crippen molar-refractivity contribution in [2.45, 2.75) is 69.9 Å². The van der Waals surface area contributed by atoms with Crippen molar-refractivity contribution in [1.82, 2.24) is 34.5 Å². The number of likely N-dealkylation sites (tertiary alicyclic amines) is 1. The van der Waals surface area contributed by atoms with E-state index >= 15 is 0 Å². The molecule has 12 heteroatoms. The van der Waals surface area contributed by atoms with Crippen molar-refractivity contribution < 1.29 is 18.0 Å². The molecule has 0 radical (unpaired) electrons. The Kier molecular flexibility index (Phi) is 7.71. The summed E-state index contributed by atoms with van der Waals surface area (Å²) in [7, 11) is 5.52. The summed E-state index contributed by atoms with van der Waals surface area (Å²) >= 11 is 0. The maximum Gasteiger partial charge on any atom is 0.418 e. The maximum absolute atomic E-state index is 14.3. The van der Waals surface area contributed by atoms with Crippen molar-refractivity contribution in [2.75, 3.05) is 40.9 Å². The fourth-order valence-electron chi connectivity index (χ4n) is 7.72. The minimum Gasteiger partial charge on any atom is -0.348 e. The molecule has 41 heavy (non-hydrogen) atoms. The van der Waals surface area contributed by atoms with Gasteiger partial charge in [0.15, 0.2) is 0 Å². The summed E-state index contributed by atoms with van der Waals surface area (Å²) in [5.41, 5.74) is 5.88. The van der Waals surface area contributed by atoms with Gasteiger partial charge < -0.3 is 4.90 Å². The summed E-state index contributed by atoms with van der Waals surface area (Å²) in [5, 5.41) is 0. The molecule has 226 valence electrons. The van der Waals surface area contributed by atoms with Gasteiger partial charge in [-0.05, 0) is 55.7 Å². The first-order valence-corrected chi connectivity index (χ1v) is 15.0. The largest absolute Gasteiger partial charge is 0.418 e. The van der Waals surface area contributed by atoms with Gasteiger partial charge in [-0.15, -0.1) is 0 Å². The van der Waals surface area contributed by atoms with Crippen LogP contribution in [0.4, 0.5) is 13.2 Å². The Morgan fingerprint density at radius 1 is 1.10 bits per heavy atom. The van der Waals surface area contributed by atoms with Crippen LogP contribution in [0, 0.1) is 23.7 Å². The number of halogens is 3. The average molecular weight is 578 g/mol. The molecular formula is C29H42F3N7O2. The molecule has 3 unspecified atom stereocenters. The number of carbonyl (C=O) groups excluding carboxylic acids is 1. The molecule has 4 atom stereocenters. The number of amides is 1. The SMILES string of the molecule is CN(C)C(=O)C1CN(Cc2cc(C(F)(F)F)c3cn(C4CCCC([C@@H](C5CCC5)C5NNCN5C)C4)c(=O)n3c2)C1. The van der Waals surface area contributed by atoms with Crippen LogP contribution in [0.15, 0.2) is 23.3 Å². The molecule has 0 bridgehead atoms. The van der Waals surface area contributed by atoms with Crippen LogP contribution in [0.1, 0.15) is 62.1 Å². The zero-order chi connectivity index (χ0) is 29.1. The lowest BCUT2D eigenvalue weighted by Crippen LogP contribution is -2.52. The first kappa shape index (κ1) is 28.7. The molecule has 9 nitrogen and oxygen atoms in total. The zero-order valence-corrected chi connectivity index (χ0v) is 24.2.